The number of rotatable bonds is 2. The Hall–Kier alpha value is -1.65. The van der Waals surface area contributed by atoms with Crippen molar-refractivity contribution in [3.63, 3.8) is 0 Å². The molecule has 1 aliphatic heterocycles. The van der Waals surface area contributed by atoms with Gasteiger partial charge in [-0.1, -0.05) is 23.7 Å². The molecule has 1 aromatic heterocycles. The van der Waals surface area contributed by atoms with Crippen LogP contribution in [0.25, 0.3) is 10.9 Å². The molecule has 0 amide bonds. The van der Waals surface area contributed by atoms with Gasteiger partial charge in [-0.2, -0.15) is 5.10 Å². The molecular formula is C16H19ClN4. The summed E-state index contributed by atoms with van der Waals surface area (Å²) in [5.74, 6) is 0. The second-order valence-electron chi connectivity index (χ2n) is 5.57. The van der Waals surface area contributed by atoms with Gasteiger partial charge in [0.15, 0.2) is 0 Å². The normalized spacial score (nSPS) is 17.0. The molecule has 3 rings (SSSR count). The Balaban J connectivity index is 1.83. The highest BCUT2D eigenvalue weighted by Gasteiger charge is 2.11. The molecule has 0 saturated carbocycles. The van der Waals surface area contributed by atoms with E-state index in [4.69, 9.17) is 11.6 Å². The average Bonchev–Trinajstić information content (AvgIpc) is 2.47. The van der Waals surface area contributed by atoms with Gasteiger partial charge >= 0.3 is 0 Å². The highest BCUT2D eigenvalue weighted by molar-refractivity contribution is 6.32. The lowest BCUT2D eigenvalue weighted by molar-refractivity contribution is 0.159. The number of benzene rings is 1. The summed E-state index contributed by atoms with van der Waals surface area (Å²) in [6.07, 6.45) is 1.82. The van der Waals surface area contributed by atoms with Crippen LogP contribution in [0.15, 0.2) is 29.4 Å². The van der Waals surface area contributed by atoms with Gasteiger partial charge in [0.05, 0.1) is 11.7 Å². The molecule has 21 heavy (non-hydrogen) atoms. The van der Waals surface area contributed by atoms with Crippen LogP contribution in [0.3, 0.4) is 0 Å². The lowest BCUT2D eigenvalue weighted by Gasteiger charge is -2.30. The fourth-order valence-corrected chi connectivity index (χ4v) is 2.61. The van der Waals surface area contributed by atoms with Crippen molar-refractivity contribution in [1.29, 1.82) is 0 Å². The molecule has 110 valence electrons. The topological polar surface area (TPSA) is 31.7 Å². The SMILES string of the molecule is Cc1ccc2cc(/C=N\N3CCN(C)CC3)c(Cl)nc2c1. The van der Waals surface area contributed by atoms with Gasteiger partial charge in [0.25, 0.3) is 0 Å². The maximum absolute atomic E-state index is 6.27. The van der Waals surface area contributed by atoms with Crippen LogP contribution in [0.4, 0.5) is 0 Å². The summed E-state index contributed by atoms with van der Waals surface area (Å²) in [4.78, 5) is 6.76. The van der Waals surface area contributed by atoms with Gasteiger partial charge in [-0.15, -0.1) is 0 Å². The van der Waals surface area contributed by atoms with Crippen LogP contribution in [0.1, 0.15) is 11.1 Å². The van der Waals surface area contributed by atoms with Crippen LogP contribution in [0.2, 0.25) is 5.15 Å². The molecular weight excluding hydrogens is 284 g/mol. The van der Waals surface area contributed by atoms with Gasteiger partial charge in [-0.05, 0) is 31.7 Å². The van der Waals surface area contributed by atoms with E-state index < -0.39 is 0 Å². The van der Waals surface area contributed by atoms with Crippen LogP contribution < -0.4 is 0 Å². The molecule has 2 heterocycles. The fourth-order valence-electron chi connectivity index (χ4n) is 2.42. The first-order chi connectivity index (χ1) is 10.1. The summed E-state index contributed by atoms with van der Waals surface area (Å²) in [7, 11) is 2.13. The molecule has 1 aromatic carbocycles. The quantitative estimate of drug-likeness (QED) is 0.631. The Bertz CT molecular complexity index is 675. The minimum Gasteiger partial charge on any atom is -0.303 e. The Morgan fingerprint density at radius 2 is 1.95 bits per heavy atom. The first-order valence-electron chi connectivity index (χ1n) is 7.16. The van der Waals surface area contributed by atoms with Gasteiger partial charge < -0.3 is 4.90 Å². The molecule has 0 radical (unpaired) electrons. The number of piperazine rings is 1. The molecule has 1 aliphatic rings. The van der Waals surface area contributed by atoms with Crippen molar-refractivity contribution in [1.82, 2.24) is 14.9 Å². The Labute approximate surface area is 130 Å². The Kier molecular flexibility index (Phi) is 4.08. The van der Waals surface area contributed by atoms with Crippen LogP contribution in [-0.4, -0.2) is 54.3 Å². The predicted molar refractivity (Wildman–Crippen MR) is 88.2 cm³/mol. The fraction of sp³-hybridized carbons (Fsp3) is 0.375. The number of aromatic nitrogens is 1. The zero-order valence-corrected chi connectivity index (χ0v) is 13.1. The van der Waals surface area contributed by atoms with E-state index in [1.807, 2.05) is 18.3 Å². The van der Waals surface area contributed by atoms with Crippen LogP contribution in [-0.2, 0) is 0 Å². The van der Waals surface area contributed by atoms with E-state index in [1.165, 1.54) is 5.56 Å². The zero-order valence-electron chi connectivity index (χ0n) is 12.4. The van der Waals surface area contributed by atoms with E-state index in [2.05, 4.69) is 46.1 Å². The second-order valence-corrected chi connectivity index (χ2v) is 5.92. The molecule has 0 bridgehead atoms. The summed E-state index contributed by atoms with van der Waals surface area (Å²) in [6.45, 7) is 6.04. The van der Waals surface area contributed by atoms with Gasteiger partial charge in [-0.25, -0.2) is 4.98 Å². The van der Waals surface area contributed by atoms with E-state index in [-0.39, 0.29) is 0 Å². The van der Waals surface area contributed by atoms with E-state index >= 15 is 0 Å². The summed E-state index contributed by atoms with van der Waals surface area (Å²) in [5, 5.41) is 8.20. The maximum Gasteiger partial charge on any atom is 0.138 e. The van der Waals surface area contributed by atoms with Crippen molar-refractivity contribution in [3.05, 3.63) is 40.5 Å². The van der Waals surface area contributed by atoms with Crippen molar-refractivity contribution in [2.75, 3.05) is 33.2 Å². The molecule has 0 atom stereocenters. The number of hydrazone groups is 1. The largest absolute Gasteiger partial charge is 0.303 e. The number of fused-ring (bicyclic) bond motifs is 1. The molecule has 0 unspecified atom stereocenters. The molecule has 0 spiro atoms. The minimum atomic E-state index is 0.506. The number of nitrogens with zero attached hydrogens (tertiary/aromatic N) is 4. The first kappa shape index (κ1) is 14.3. The van der Waals surface area contributed by atoms with Crippen molar-refractivity contribution in [2.24, 2.45) is 5.10 Å². The number of aryl methyl sites for hydroxylation is 1. The molecule has 0 N–H and O–H groups in total. The first-order valence-corrected chi connectivity index (χ1v) is 7.54. The Morgan fingerprint density at radius 3 is 2.71 bits per heavy atom. The number of halogens is 1. The number of hydrogen-bond acceptors (Lipinski definition) is 4. The highest BCUT2D eigenvalue weighted by atomic mass is 35.5. The third-order valence-corrected chi connectivity index (χ3v) is 4.10. The third kappa shape index (κ3) is 3.34. The van der Waals surface area contributed by atoms with Gasteiger partial charge in [-0.3, -0.25) is 5.01 Å². The molecule has 4 nitrogen and oxygen atoms in total. The summed E-state index contributed by atoms with van der Waals surface area (Å²) >= 11 is 6.27. The van der Waals surface area contributed by atoms with Gasteiger partial charge in [0.2, 0.25) is 0 Å². The van der Waals surface area contributed by atoms with E-state index in [1.54, 1.807) is 0 Å². The van der Waals surface area contributed by atoms with Crippen molar-refractivity contribution >= 4 is 28.7 Å². The molecule has 2 aromatic rings. The van der Waals surface area contributed by atoms with E-state index in [0.29, 0.717) is 5.15 Å². The minimum absolute atomic E-state index is 0.506. The summed E-state index contributed by atoms with van der Waals surface area (Å²) in [5.41, 5.74) is 2.98. The number of hydrogen-bond donors (Lipinski definition) is 0. The monoisotopic (exact) mass is 302 g/mol. The van der Waals surface area contributed by atoms with Crippen molar-refractivity contribution < 1.29 is 0 Å². The Morgan fingerprint density at radius 1 is 1.19 bits per heavy atom. The summed E-state index contributed by atoms with van der Waals surface area (Å²) < 4.78 is 0. The van der Waals surface area contributed by atoms with Crippen molar-refractivity contribution in [2.45, 2.75) is 6.92 Å². The number of likely N-dealkylation sites (N-methyl/N-ethyl adjacent to an activating group) is 1. The van der Waals surface area contributed by atoms with E-state index in [9.17, 15) is 0 Å². The van der Waals surface area contributed by atoms with E-state index in [0.717, 1.165) is 42.6 Å². The highest BCUT2D eigenvalue weighted by Crippen LogP contribution is 2.20. The summed E-state index contributed by atoms with van der Waals surface area (Å²) in [6, 6.07) is 8.24. The van der Waals surface area contributed by atoms with Crippen LogP contribution in [0.5, 0.6) is 0 Å². The zero-order chi connectivity index (χ0) is 14.8. The van der Waals surface area contributed by atoms with Gasteiger partial charge in [0.1, 0.15) is 5.15 Å². The third-order valence-electron chi connectivity index (χ3n) is 3.79. The maximum atomic E-state index is 6.27. The predicted octanol–water partition coefficient (Wildman–Crippen LogP) is 2.78. The lowest BCUT2D eigenvalue weighted by atomic mass is 10.1. The molecule has 5 heteroatoms. The second kappa shape index (κ2) is 6.00. The lowest BCUT2D eigenvalue weighted by Crippen LogP contribution is -2.41. The smallest absolute Gasteiger partial charge is 0.138 e. The average molecular weight is 303 g/mol. The molecule has 1 saturated heterocycles. The molecule has 1 fully saturated rings. The number of pyridine rings is 1. The molecule has 0 aliphatic carbocycles. The standard InChI is InChI=1S/C16H19ClN4/c1-12-3-4-13-10-14(16(17)19-15(13)9-12)11-18-21-7-5-20(2)6-8-21/h3-4,9-11H,5-8H2,1-2H3/b18-11-. The van der Waals surface area contributed by atoms with Gasteiger partial charge in [0, 0.05) is 37.1 Å². The van der Waals surface area contributed by atoms with Crippen LogP contribution >= 0.6 is 11.6 Å². The van der Waals surface area contributed by atoms with Crippen LogP contribution in [0, 0.1) is 6.92 Å². The van der Waals surface area contributed by atoms with Crippen molar-refractivity contribution in [3.8, 4) is 0 Å².